The van der Waals surface area contributed by atoms with Crippen LogP contribution in [-0.4, -0.2) is 13.2 Å². The van der Waals surface area contributed by atoms with E-state index in [0.717, 1.165) is 29.2 Å². The molecule has 0 spiro atoms. The average molecular weight is 320 g/mol. The lowest BCUT2D eigenvalue weighted by molar-refractivity contribution is 0.317. The maximum Gasteiger partial charge on any atom is 0.137 e. The Morgan fingerprint density at radius 1 is 1.00 bits per heavy atom. The summed E-state index contributed by atoms with van der Waals surface area (Å²) in [6.45, 7) is 6.12. The van der Waals surface area contributed by atoms with Crippen molar-refractivity contribution in [2.24, 2.45) is 0 Å². The van der Waals surface area contributed by atoms with Crippen molar-refractivity contribution in [2.75, 3.05) is 18.5 Å². The summed E-state index contributed by atoms with van der Waals surface area (Å²) in [5, 5.41) is 4.02. The summed E-state index contributed by atoms with van der Waals surface area (Å²) < 4.78 is 11.0. The average Bonchev–Trinajstić information content (AvgIpc) is 2.54. The summed E-state index contributed by atoms with van der Waals surface area (Å²) in [6, 6.07) is 13.8. The second-order valence-electron chi connectivity index (χ2n) is 4.92. The Balaban J connectivity index is 1.92. The fourth-order valence-corrected chi connectivity index (χ4v) is 2.28. The first-order valence-corrected chi connectivity index (χ1v) is 7.98. The van der Waals surface area contributed by atoms with Gasteiger partial charge in [-0.25, -0.2) is 0 Å². The van der Waals surface area contributed by atoms with Gasteiger partial charge in [0.1, 0.15) is 11.5 Å². The molecule has 0 aromatic heterocycles. The minimum Gasteiger partial charge on any atom is -0.494 e. The van der Waals surface area contributed by atoms with E-state index in [1.165, 1.54) is 0 Å². The third kappa shape index (κ3) is 4.85. The van der Waals surface area contributed by atoms with E-state index in [9.17, 15) is 0 Å². The van der Waals surface area contributed by atoms with Gasteiger partial charge in [0, 0.05) is 12.2 Å². The Morgan fingerprint density at radius 3 is 2.41 bits per heavy atom. The molecule has 0 aliphatic carbocycles. The van der Waals surface area contributed by atoms with Crippen LogP contribution < -0.4 is 14.8 Å². The fraction of sp³-hybridized carbons (Fsp3) is 0.333. The molecule has 4 heteroatoms. The molecule has 0 bridgehead atoms. The molecule has 118 valence electrons. The number of anilines is 1. The van der Waals surface area contributed by atoms with Crippen LogP contribution in [-0.2, 0) is 6.54 Å². The first kappa shape index (κ1) is 16.5. The van der Waals surface area contributed by atoms with Gasteiger partial charge in [0.15, 0.2) is 0 Å². The van der Waals surface area contributed by atoms with Gasteiger partial charge in [0.25, 0.3) is 0 Å². The highest BCUT2D eigenvalue weighted by Gasteiger charge is 2.03. The van der Waals surface area contributed by atoms with Gasteiger partial charge in [-0.05, 0) is 55.3 Å². The maximum atomic E-state index is 6.23. The molecule has 0 atom stereocenters. The van der Waals surface area contributed by atoms with Crippen molar-refractivity contribution in [3.8, 4) is 11.5 Å². The molecule has 0 saturated heterocycles. The summed E-state index contributed by atoms with van der Waals surface area (Å²) in [5.74, 6) is 1.63. The van der Waals surface area contributed by atoms with Crippen LogP contribution in [0.1, 0.15) is 25.8 Å². The number of benzene rings is 2. The predicted molar refractivity (Wildman–Crippen MR) is 92.2 cm³/mol. The number of rotatable bonds is 8. The van der Waals surface area contributed by atoms with E-state index in [-0.39, 0.29) is 0 Å². The number of nitrogens with one attached hydrogen (secondary N) is 1. The Hall–Kier alpha value is -1.87. The normalized spacial score (nSPS) is 10.3. The van der Waals surface area contributed by atoms with Gasteiger partial charge < -0.3 is 14.8 Å². The molecule has 2 aromatic carbocycles. The van der Waals surface area contributed by atoms with Crippen LogP contribution in [0.3, 0.4) is 0 Å². The lowest BCUT2D eigenvalue weighted by Gasteiger charge is -2.11. The second-order valence-corrected chi connectivity index (χ2v) is 5.33. The van der Waals surface area contributed by atoms with Crippen molar-refractivity contribution >= 4 is 17.3 Å². The standard InChI is InChI=1S/C18H22ClNO2/c1-3-11-22-18-10-5-14(12-17(18)19)13-20-15-6-8-16(9-7-15)21-4-2/h5-10,12,20H,3-4,11,13H2,1-2H3. The Labute approximate surface area is 137 Å². The van der Waals surface area contributed by atoms with E-state index in [0.29, 0.717) is 24.8 Å². The van der Waals surface area contributed by atoms with E-state index >= 15 is 0 Å². The molecule has 0 aliphatic heterocycles. The SMILES string of the molecule is CCCOc1ccc(CNc2ccc(OCC)cc2)cc1Cl. The Kier molecular flexibility index (Phi) is 6.41. The summed E-state index contributed by atoms with van der Waals surface area (Å²) in [7, 11) is 0. The highest BCUT2D eigenvalue weighted by atomic mass is 35.5. The van der Waals surface area contributed by atoms with Gasteiger partial charge in [-0.2, -0.15) is 0 Å². The monoisotopic (exact) mass is 319 g/mol. The quantitative estimate of drug-likeness (QED) is 0.730. The van der Waals surface area contributed by atoms with Gasteiger partial charge in [-0.1, -0.05) is 24.6 Å². The fourth-order valence-electron chi connectivity index (χ4n) is 2.02. The van der Waals surface area contributed by atoms with Gasteiger partial charge in [0.2, 0.25) is 0 Å². The van der Waals surface area contributed by atoms with Crippen LogP contribution in [0.15, 0.2) is 42.5 Å². The van der Waals surface area contributed by atoms with Gasteiger partial charge in [-0.15, -0.1) is 0 Å². The molecular formula is C18H22ClNO2. The van der Waals surface area contributed by atoms with E-state index in [2.05, 4.69) is 12.2 Å². The molecule has 22 heavy (non-hydrogen) atoms. The maximum absolute atomic E-state index is 6.23. The third-order valence-electron chi connectivity index (χ3n) is 3.12. The summed E-state index contributed by atoms with van der Waals surface area (Å²) in [5.41, 5.74) is 2.16. The van der Waals surface area contributed by atoms with Gasteiger partial charge in [-0.3, -0.25) is 0 Å². The number of hydrogen-bond acceptors (Lipinski definition) is 3. The zero-order chi connectivity index (χ0) is 15.8. The number of hydrogen-bond donors (Lipinski definition) is 1. The van der Waals surface area contributed by atoms with E-state index in [4.69, 9.17) is 21.1 Å². The zero-order valence-corrected chi connectivity index (χ0v) is 13.8. The van der Waals surface area contributed by atoms with Crippen LogP contribution >= 0.6 is 11.6 Å². The molecule has 0 saturated carbocycles. The molecule has 0 unspecified atom stereocenters. The number of ether oxygens (including phenoxy) is 2. The van der Waals surface area contributed by atoms with Crippen molar-refractivity contribution in [1.82, 2.24) is 0 Å². The zero-order valence-electron chi connectivity index (χ0n) is 13.1. The predicted octanol–water partition coefficient (Wildman–Crippen LogP) is 5.14. The van der Waals surface area contributed by atoms with E-state index in [1.54, 1.807) is 0 Å². The third-order valence-corrected chi connectivity index (χ3v) is 3.42. The Bertz CT molecular complexity index is 584. The van der Waals surface area contributed by atoms with Crippen LogP contribution in [0.5, 0.6) is 11.5 Å². The lowest BCUT2D eigenvalue weighted by atomic mass is 10.2. The number of halogens is 1. The molecule has 0 aliphatic rings. The Morgan fingerprint density at radius 2 is 1.77 bits per heavy atom. The first-order valence-electron chi connectivity index (χ1n) is 7.61. The smallest absolute Gasteiger partial charge is 0.137 e. The van der Waals surface area contributed by atoms with Gasteiger partial charge >= 0.3 is 0 Å². The van der Waals surface area contributed by atoms with E-state index in [1.807, 2.05) is 49.4 Å². The van der Waals surface area contributed by atoms with Crippen LogP contribution in [0.2, 0.25) is 5.02 Å². The van der Waals surface area contributed by atoms with Crippen molar-refractivity contribution in [2.45, 2.75) is 26.8 Å². The first-order chi connectivity index (χ1) is 10.7. The molecule has 0 heterocycles. The van der Waals surface area contributed by atoms with Gasteiger partial charge in [0.05, 0.1) is 18.2 Å². The molecule has 0 amide bonds. The molecule has 2 rings (SSSR count). The van der Waals surface area contributed by atoms with Crippen LogP contribution in [0, 0.1) is 0 Å². The highest BCUT2D eigenvalue weighted by molar-refractivity contribution is 6.32. The molecule has 0 radical (unpaired) electrons. The molecule has 3 nitrogen and oxygen atoms in total. The topological polar surface area (TPSA) is 30.5 Å². The second kappa shape index (κ2) is 8.54. The van der Waals surface area contributed by atoms with Crippen LogP contribution in [0.4, 0.5) is 5.69 Å². The van der Waals surface area contributed by atoms with Crippen molar-refractivity contribution in [3.63, 3.8) is 0 Å². The largest absolute Gasteiger partial charge is 0.494 e. The lowest BCUT2D eigenvalue weighted by Crippen LogP contribution is -2.01. The molecular weight excluding hydrogens is 298 g/mol. The molecule has 0 fully saturated rings. The van der Waals surface area contributed by atoms with E-state index < -0.39 is 0 Å². The van der Waals surface area contributed by atoms with Crippen molar-refractivity contribution in [1.29, 1.82) is 0 Å². The van der Waals surface area contributed by atoms with Crippen LogP contribution in [0.25, 0.3) is 0 Å². The minimum absolute atomic E-state index is 0.652. The summed E-state index contributed by atoms with van der Waals surface area (Å²) in [6.07, 6.45) is 0.970. The molecule has 1 N–H and O–H groups in total. The minimum atomic E-state index is 0.652. The van der Waals surface area contributed by atoms with Crippen molar-refractivity contribution in [3.05, 3.63) is 53.1 Å². The summed E-state index contributed by atoms with van der Waals surface area (Å²) >= 11 is 6.23. The van der Waals surface area contributed by atoms with Crippen molar-refractivity contribution < 1.29 is 9.47 Å². The molecule has 2 aromatic rings. The summed E-state index contributed by atoms with van der Waals surface area (Å²) in [4.78, 5) is 0. The highest BCUT2D eigenvalue weighted by Crippen LogP contribution is 2.26.